The fraction of sp³-hybridized carbons (Fsp3) is 0.429. The van der Waals surface area contributed by atoms with E-state index in [4.69, 9.17) is 9.84 Å². The summed E-state index contributed by atoms with van der Waals surface area (Å²) >= 11 is 0. The fourth-order valence-corrected chi connectivity index (χ4v) is 2.76. The smallest absolute Gasteiger partial charge is 0.405 e. The van der Waals surface area contributed by atoms with E-state index in [1.54, 1.807) is 4.90 Å². The van der Waals surface area contributed by atoms with Crippen molar-refractivity contribution in [1.29, 1.82) is 0 Å². The zero-order valence-electron chi connectivity index (χ0n) is 12.3. The maximum Gasteiger partial charge on any atom is 0.405 e. The molecule has 0 unspecified atom stereocenters. The number of nitrogens with one attached hydrogen (secondary N) is 2. The van der Waals surface area contributed by atoms with Gasteiger partial charge in [0.05, 0.1) is 18.7 Å². The van der Waals surface area contributed by atoms with Crippen LogP contribution in [-0.2, 0) is 0 Å². The van der Waals surface area contributed by atoms with Gasteiger partial charge in [0.15, 0.2) is 0 Å². The van der Waals surface area contributed by atoms with Gasteiger partial charge in [0.1, 0.15) is 23.3 Å². The number of methoxy groups -OCH3 is 1. The number of alkyl halides is 1. The number of rotatable bonds is 3. The molecule has 124 valence electrons. The van der Waals surface area contributed by atoms with Crippen LogP contribution < -0.4 is 15.0 Å². The summed E-state index contributed by atoms with van der Waals surface area (Å²) in [6, 6.07) is 1.69. The highest BCUT2D eigenvalue weighted by Gasteiger charge is 2.31. The van der Waals surface area contributed by atoms with E-state index in [0.29, 0.717) is 29.3 Å². The Hall–Kier alpha value is -2.58. The maximum atomic E-state index is 13.8. The third-order valence-electron chi connectivity index (χ3n) is 3.86. The molecular formula is C14H16F2N4O3. The first-order valence-corrected chi connectivity index (χ1v) is 7.09. The molecule has 2 aromatic rings. The molecule has 0 radical (unpaired) electrons. The molecule has 1 aromatic carbocycles. The highest BCUT2D eigenvalue weighted by atomic mass is 19.1. The van der Waals surface area contributed by atoms with E-state index in [0.717, 1.165) is 0 Å². The quantitative estimate of drug-likeness (QED) is 0.801. The minimum atomic E-state index is -1.27. The molecule has 1 fully saturated rings. The Morgan fingerprint density at radius 1 is 1.57 bits per heavy atom. The predicted molar refractivity (Wildman–Crippen MR) is 79.3 cm³/mol. The number of H-pyrrole nitrogens is 1. The van der Waals surface area contributed by atoms with Crippen molar-refractivity contribution in [2.24, 2.45) is 0 Å². The van der Waals surface area contributed by atoms with E-state index >= 15 is 0 Å². The number of aromatic amines is 1. The van der Waals surface area contributed by atoms with Gasteiger partial charge in [0, 0.05) is 19.2 Å². The normalized spacial score (nSPS) is 21.4. The standard InChI is InChI=1S/C14H16F2N4O3/c1-23-11-5-7(15)4-9-12(11)19-13(17-9)20-3-2-8(16)10(6-20)18-14(21)22/h4-5,8,10,18H,2-3,6H2,1H3,(H,17,19)(H,21,22)/t8-,10-/m1/s1. The van der Waals surface area contributed by atoms with E-state index in [9.17, 15) is 13.6 Å². The van der Waals surface area contributed by atoms with Gasteiger partial charge in [-0.1, -0.05) is 0 Å². The largest absolute Gasteiger partial charge is 0.494 e. The van der Waals surface area contributed by atoms with Crippen LogP contribution in [0.1, 0.15) is 6.42 Å². The van der Waals surface area contributed by atoms with Crippen LogP contribution in [0, 0.1) is 5.82 Å². The Balaban J connectivity index is 1.89. The van der Waals surface area contributed by atoms with Gasteiger partial charge in [-0.2, -0.15) is 0 Å². The monoisotopic (exact) mass is 326 g/mol. The van der Waals surface area contributed by atoms with E-state index in [2.05, 4.69) is 15.3 Å². The summed E-state index contributed by atoms with van der Waals surface area (Å²) < 4.78 is 32.5. The van der Waals surface area contributed by atoms with Crippen LogP contribution in [0.4, 0.5) is 19.5 Å². The second kappa shape index (κ2) is 5.90. The third kappa shape index (κ3) is 2.99. The van der Waals surface area contributed by atoms with Gasteiger partial charge < -0.3 is 25.0 Å². The number of piperidine rings is 1. The van der Waals surface area contributed by atoms with E-state index in [1.165, 1.54) is 19.2 Å². The molecule has 1 saturated heterocycles. The van der Waals surface area contributed by atoms with Crippen LogP contribution in [0.2, 0.25) is 0 Å². The molecule has 1 aliphatic heterocycles. The van der Waals surface area contributed by atoms with Crippen LogP contribution >= 0.6 is 0 Å². The third-order valence-corrected chi connectivity index (χ3v) is 3.86. The molecule has 0 spiro atoms. The molecule has 7 nitrogen and oxygen atoms in total. The van der Waals surface area contributed by atoms with E-state index < -0.39 is 24.1 Å². The average molecular weight is 326 g/mol. The number of halogens is 2. The average Bonchev–Trinajstić information content (AvgIpc) is 2.91. The number of benzene rings is 1. The van der Waals surface area contributed by atoms with E-state index in [1.807, 2.05) is 0 Å². The Kier molecular flexibility index (Phi) is 3.93. The number of imidazole rings is 1. The summed E-state index contributed by atoms with van der Waals surface area (Å²) in [4.78, 5) is 19.8. The molecule has 3 N–H and O–H groups in total. The van der Waals surface area contributed by atoms with Gasteiger partial charge in [-0.05, 0) is 12.5 Å². The van der Waals surface area contributed by atoms with Crippen LogP contribution in [0.5, 0.6) is 5.75 Å². The van der Waals surface area contributed by atoms with Crippen molar-refractivity contribution in [2.45, 2.75) is 18.6 Å². The lowest BCUT2D eigenvalue weighted by Crippen LogP contribution is -2.53. The molecule has 2 heterocycles. The molecule has 2 atom stereocenters. The lowest BCUT2D eigenvalue weighted by atomic mass is 10.0. The number of aromatic nitrogens is 2. The molecule has 3 rings (SSSR count). The van der Waals surface area contributed by atoms with Crippen molar-refractivity contribution in [3.63, 3.8) is 0 Å². The SMILES string of the molecule is COc1cc(F)cc2[nH]c(N3CC[C@@H](F)[C@H](NC(=O)O)C3)nc12. The number of hydrogen-bond donors (Lipinski definition) is 3. The molecule has 0 aliphatic carbocycles. The summed E-state index contributed by atoms with van der Waals surface area (Å²) in [5.74, 6) is 0.258. The van der Waals surface area contributed by atoms with Crippen LogP contribution in [0.15, 0.2) is 12.1 Å². The lowest BCUT2D eigenvalue weighted by molar-refractivity contribution is 0.167. The van der Waals surface area contributed by atoms with Crippen molar-refractivity contribution < 1.29 is 23.4 Å². The first-order chi connectivity index (χ1) is 11.0. The van der Waals surface area contributed by atoms with Crippen molar-refractivity contribution >= 4 is 23.1 Å². The first kappa shape index (κ1) is 15.3. The van der Waals surface area contributed by atoms with Crippen LogP contribution in [0.25, 0.3) is 11.0 Å². The Labute approximate surface area is 130 Å². The van der Waals surface area contributed by atoms with Gasteiger partial charge in [0.25, 0.3) is 0 Å². The molecule has 0 saturated carbocycles. The fourth-order valence-electron chi connectivity index (χ4n) is 2.76. The Morgan fingerprint density at radius 3 is 3.04 bits per heavy atom. The van der Waals surface area contributed by atoms with Gasteiger partial charge in [-0.15, -0.1) is 0 Å². The Bertz CT molecular complexity index is 736. The number of carbonyl (C=O) groups is 1. The number of anilines is 1. The zero-order chi connectivity index (χ0) is 16.6. The zero-order valence-corrected chi connectivity index (χ0v) is 12.3. The van der Waals surface area contributed by atoms with Crippen LogP contribution in [-0.4, -0.2) is 53.6 Å². The van der Waals surface area contributed by atoms with Crippen molar-refractivity contribution in [3.8, 4) is 5.75 Å². The van der Waals surface area contributed by atoms with Gasteiger partial charge in [-0.25, -0.2) is 18.6 Å². The van der Waals surface area contributed by atoms with Crippen molar-refractivity contribution in [2.75, 3.05) is 25.1 Å². The summed E-state index contributed by atoms with van der Waals surface area (Å²) in [5, 5.41) is 10.9. The number of nitrogens with zero attached hydrogens (tertiary/aromatic N) is 2. The number of fused-ring (bicyclic) bond motifs is 1. The number of carboxylic acid groups (broad SMARTS) is 1. The second-order valence-corrected chi connectivity index (χ2v) is 5.37. The predicted octanol–water partition coefficient (Wildman–Crippen LogP) is 1.90. The molecule has 1 amide bonds. The summed E-state index contributed by atoms with van der Waals surface area (Å²) in [5.41, 5.74) is 0.927. The molecule has 1 aromatic heterocycles. The number of hydrogen-bond acceptors (Lipinski definition) is 4. The molecular weight excluding hydrogens is 310 g/mol. The lowest BCUT2D eigenvalue weighted by Gasteiger charge is -2.34. The van der Waals surface area contributed by atoms with Crippen molar-refractivity contribution in [1.82, 2.24) is 15.3 Å². The summed E-state index contributed by atoms with van der Waals surface area (Å²) in [6.45, 7) is 0.516. The number of amides is 1. The van der Waals surface area contributed by atoms with E-state index in [-0.39, 0.29) is 13.0 Å². The minimum absolute atomic E-state index is 0.137. The summed E-state index contributed by atoms with van der Waals surface area (Å²) in [7, 11) is 1.42. The molecule has 9 heteroatoms. The number of ether oxygens (including phenoxy) is 1. The summed E-state index contributed by atoms with van der Waals surface area (Å²) in [6.07, 6.45) is -2.35. The van der Waals surface area contributed by atoms with Gasteiger partial charge in [-0.3, -0.25) is 0 Å². The molecule has 0 bridgehead atoms. The highest BCUT2D eigenvalue weighted by Crippen LogP contribution is 2.29. The van der Waals surface area contributed by atoms with Gasteiger partial charge >= 0.3 is 6.09 Å². The topological polar surface area (TPSA) is 90.5 Å². The molecule has 1 aliphatic rings. The molecule has 23 heavy (non-hydrogen) atoms. The first-order valence-electron chi connectivity index (χ1n) is 7.09. The highest BCUT2D eigenvalue weighted by molar-refractivity contribution is 5.84. The van der Waals surface area contributed by atoms with Crippen molar-refractivity contribution in [3.05, 3.63) is 17.9 Å². The maximum absolute atomic E-state index is 13.8. The minimum Gasteiger partial charge on any atom is -0.494 e. The Morgan fingerprint density at radius 2 is 2.35 bits per heavy atom. The van der Waals surface area contributed by atoms with Gasteiger partial charge in [0.2, 0.25) is 5.95 Å². The van der Waals surface area contributed by atoms with Crippen LogP contribution in [0.3, 0.4) is 0 Å². The second-order valence-electron chi connectivity index (χ2n) is 5.37.